The quantitative estimate of drug-likeness (QED) is 0.416. The molecular weight excluding hydrogens is 395 g/mol. The van der Waals surface area contributed by atoms with Gasteiger partial charge in [-0.05, 0) is 37.5 Å². The number of halogens is 1. The highest BCUT2D eigenvalue weighted by molar-refractivity contribution is 8.00. The number of ketones is 1. The molecule has 2 N–H and O–H groups in total. The molecule has 1 aromatic rings. The Hall–Kier alpha value is -1.44. The van der Waals surface area contributed by atoms with Gasteiger partial charge in [-0.1, -0.05) is 31.4 Å². The molecule has 0 aliphatic heterocycles. The Morgan fingerprint density at radius 2 is 1.97 bits per heavy atom. The number of thioether (sulfide) groups is 1. The molecule has 0 saturated heterocycles. The first kappa shape index (κ1) is 23.8. The highest BCUT2D eigenvalue weighted by Gasteiger charge is 2.41. The predicted octanol–water partition coefficient (Wildman–Crippen LogP) is 3.47. The van der Waals surface area contributed by atoms with Gasteiger partial charge in [-0.15, -0.1) is 0 Å². The van der Waals surface area contributed by atoms with Crippen LogP contribution in [0.2, 0.25) is 0 Å². The fourth-order valence-corrected chi connectivity index (χ4v) is 5.21. The van der Waals surface area contributed by atoms with Gasteiger partial charge in [0.25, 0.3) is 0 Å². The van der Waals surface area contributed by atoms with E-state index >= 15 is 0 Å². The summed E-state index contributed by atoms with van der Waals surface area (Å²) < 4.78 is 18.0. The molecule has 7 heteroatoms. The van der Waals surface area contributed by atoms with Crippen molar-refractivity contribution >= 4 is 23.5 Å². The lowest BCUT2D eigenvalue weighted by Crippen LogP contribution is -2.25. The van der Waals surface area contributed by atoms with E-state index < -0.39 is 18.1 Å². The third-order valence-corrected chi connectivity index (χ3v) is 7.10. The van der Waals surface area contributed by atoms with Crippen molar-refractivity contribution in [3.8, 4) is 0 Å². The molecular formula is C22H31FO5S. The second-order valence-corrected chi connectivity index (χ2v) is 8.97. The van der Waals surface area contributed by atoms with Crippen molar-refractivity contribution in [2.24, 2.45) is 5.92 Å². The normalized spacial score (nSPS) is 23.8. The SMILES string of the molecule is COC(=O)C(CCCCC[C@H]1C(=O)CC(O)[C@@H]1SCC(C)O)c1ccc(F)cc1. The standard InChI is InChI=1S/C22H31FO5S/c1-14(24)13-29-21-18(19(25)12-20(21)26)7-5-3-4-6-17(22(27)28-2)15-8-10-16(23)11-9-15/h8-11,14,17-18,20-21,24,26H,3-7,12-13H2,1-2H3/t14?,17?,18-,20?,21+/m0/s1. The minimum Gasteiger partial charge on any atom is -0.469 e. The summed E-state index contributed by atoms with van der Waals surface area (Å²) in [7, 11) is 1.35. The van der Waals surface area contributed by atoms with Gasteiger partial charge in [-0.25, -0.2) is 4.39 Å². The van der Waals surface area contributed by atoms with Gasteiger partial charge in [-0.2, -0.15) is 11.8 Å². The fourth-order valence-electron chi connectivity index (χ4n) is 3.88. The van der Waals surface area contributed by atoms with Crippen LogP contribution in [0.25, 0.3) is 0 Å². The van der Waals surface area contributed by atoms with Crippen molar-refractivity contribution in [2.45, 2.75) is 68.8 Å². The number of unbranched alkanes of at least 4 members (excludes halogenated alkanes) is 2. The van der Waals surface area contributed by atoms with Gasteiger partial charge in [0.2, 0.25) is 0 Å². The molecule has 0 heterocycles. The monoisotopic (exact) mass is 426 g/mol. The predicted molar refractivity (Wildman–Crippen MR) is 111 cm³/mol. The lowest BCUT2D eigenvalue weighted by atomic mass is 9.92. The maximum atomic E-state index is 13.1. The number of hydrogen-bond acceptors (Lipinski definition) is 6. The molecule has 1 fully saturated rings. The fraction of sp³-hybridized carbons (Fsp3) is 0.636. The molecule has 0 radical (unpaired) electrons. The Labute approximate surface area is 176 Å². The second-order valence-electron chi connectivity index (χ2n) is 7.76. The summed E-state index contributed by atoms with van der Waals surface area (Å²) in [4.78, 5) is 24.3. The lowest BCUT2D eigenvalue weighted by Gasteiger charge is -2.21. The van der Waals surface area contributed by atoms with E-state index in [4.69, 9.17) is 4.74 Å². The Kier molecular flexibility index (Phi) is 9.59. The minimum absolute atomic E-state index is 0.0966. The number of methoxy groups -OCH3 is 1. The maximum absolute atomic E-state index is 13.1. The largest absolute Gasteiger partial charge is 0.469 e. The third kappa shape index (κ3) is 7.08. The van der Waals surface area contributed by atoms with E-state index in [0.717, 1.165) is 24.8 Å². The number of aliphatic hydroxyl groups excluding tert-OH is 2. The van der Waals surface area contributed by atoms with Gasteiger partial charge < -0.3 is 14.9 Å². The number of ether oxygens (including phenoxy) is 1. The van der Waals surface area contributed by atoms with Crippen LogP contribution < -0.4 is 0 Å². The van der Waals surface area contributed by atoms with E-state index in [0.29, 0.717) is 18.6 Å². The molecule has 5 nitrogen and oxygen atoms in total. The Morgan fingerprint density at radius 1 is 1.28 bits per heavy atom. The summed E-state index contributed by atoms with van der Waals surface area (Å²) in [5, 5.41) is 19.5. The summed E-state index contributed by atoms with van der Waals surface area (Å²) in [5.74, 6) is -0.681. The first-order valence-corrected chi connectivity index (χ1v) is 11.2. The van der Waals surface area contributed by atoms with Gasteiger partial charge in [0.15, 0.2) is 0 Å². The van der Waals surface area contributed by atoms with Crippen LogP contribution in [0.5, 0.6) is 0 Å². The summed E-state index contributed by atoms with van der Waals surface area (Å²) in [5.41, 5.74) is 0.738. The van der Waals surface area contributed by atoms with Crippen LogP contribution in [0.1, 0.15) is 56.9 Å². The molecule has 5 atom stereocenters. The average Bonchev–Trinajstić information content (AvgIpc) is 2.95. The molecule has 0 spiro atoms. The molecule has 162 valence electrons. The van der Waals surface area contributed by atoms with Crippen LogP contribution in [-0.4, -0.2) is 52.3 Å². The smallest absolute Gasteiger partial charge is 0.313 e. The van der Waals surface area contributed by atoms with E-state index in [9.17, 15) is 24.2 Å². The highest BCUT2D eigenvalue weighted by atomic mass is 32.2. The molecule has 3 unspecified atom stereocenters. The molecule has 29 heavy (non-hydrogen) atoms. The number of rotatable bonds is 11. The van der Waals surface area contributed by atoms with E-state index in [1.807, 2.05) is 0 Å². The number of hydrogen-bond donors (Lipinski definition) is 2. The second kappa shape index (κ2) is 11.7. The number of carbonyl (C=O) groups excluding carboxylic acids is 2. The highest BCUT2D eigenvalue weighted by Crippen LogP contribution is 2.36. The van der Waals surface area contributed by atoms with E-state index in [2.05, 4.69) is 0 Å². The van der Waals surface area contributed by atoms with Crippen LogP contribution in [-0.2, 0) is 14.3 Å². The lowest BCUT2D eigenvalue weighted by molar-refractivity contribution is -0.142. The van der Waals surface area contributed by atoms with Crippen LogP contribution in [0.15, 0.2) is 24.3 Å². The van der Waals surface area contributed by atoms with E-state index in [1.165, 1.54) is 31.0 Å². The van der Waals surface area contributed by atoms with E-state index in [1.54, 1.807) is 19.1 Å². The Bertz CT molecular complexity index is 664. The zero-order chi connectivity index (χ0) is 21.4. The summed E-state index contributed by atoms with van der Waals surface area (Å²) in [6.45, 7) is 1.70. The van der Waals surface area contributed by atoms with Gasteiger partial charge >= 0.3 is 5.97 Å². The van der Waals surface area contributed by atoms with Gasteiger partial charge in [-0.3, -0.25) is 9.59 Å². The van der Waals surface area contributed by atoms with Gasteiger partial charge in [0.05, 0.1) is 25.2 Å². The molecule has 1 aliphatic carbocycles. The van der Waals surface area contributed by atoms with Crippen molar-refractivity contribution in [2.75, 3.05) is 12.9 Å². The number of esters is 1. The van der Waals surface area contributed by atoms with E-state index in [-0.39, 0.29) is 35.2 Å². The molecule has 0 amide bonds. The van der Waals surface area contributed by atoms with Crippen LogP contribution in [0, 0.1) is 11.7 Å². The Morgan fingerprint density at radius 3 is 2.59 bits per heavy atom. The summed E-state index contributed by atoms with van der Waals surface area (Å²) in [6, 6.07) is 5.90. The van der Waals surface area contributed by atoms with Crippen LogP contribution >= 0.6 is 11.8 Å². The van der Waals surface area contributed by atoms with Crippen molar-refractivity contribution < 1.29 is 28.9 Å². The Balaban J connectivity index is 1.82. The third-order valence-electron chi connectivity index (χ3n) is 5.40. The van der Waals surface area contributed by atoms with Crippen molar-refractivity contribution in [1.82, 2.24) is 0 Å². The molecule has 1 saturated carbocycles. The van der Waals surface area contributed by atoms with Crippen LogP contribution in [0.3, 0.4) is 0 Å². The zero-order valence-electron chi connectivity index (χ0n) is 17.1. The number of Topliss-reactive ketones (excluding diaryl/α,β-unsaturated/α-hetero) is 1. The average molecular weight is 427 g/mol. The van der Waals surface area contributed by atoms with Crippen molar-refractivity contribution in [3.63, 3.8) is 0 Å². The van der Waals surface area contributed by atoms with Crippen molar-refractivity contribution in [1.29, 1.82) is 0 Å². The summed E-state index contributed by atoms with van der Waals surface area (Å²) in [6.07, 6.45) is 2.84. The maximum Gasteiger partial charge on any atom is 0.313 e. The number of carbonyl (C=O) groups is 2. The van der Waals surface area contributed by atoms with Crippen molar-refractivity contribution in [3.05, 3.63) is 35.6 Å². The molecule has 0 bridgehead atoms. The zero-order valence-corrected chi connectivity index (χ0v) is 17.9. The molecule has 1 aliphatic rings. The minimum atomic E-state index is -0.640. The van der Waals surface area contributed by atoms with Crippen LogP contribution in [0.4, 0.5) is 4.39 Å². The topological polar surface area (TPSA) is 83.8 Å². The molecule has 0 aromatic heterocycles. The first-order valence-electron chi connectivity index (χ1n) is 10.2. The van der Waals surface area contributed by atoms with Gasteiger partial charge in [0.1, 0.15) is 11.6 Å². The number of benzene rings is 1. The molecule has 2 rings (SSSR count). The first-order chi connectivity index (χ1) is 13.8. The number of aliphatic hydroxyl groups is 2. The van der Waals surface area contributed by atoms with Gasteiger partial charge in [0, 0.05) is 23.3 Å². The molecule has 1 aromatic carbocycles. The summed E-state index contributed by atoms with van der Waals surface area (Å²) >= 11 is 1.47.